The van der Waals surface area contributed by atoms with Crippen molar-refractivity contribution in [3.63, 3.8) is 0 Å². The summed E-state index contributed by atoms with van der Waals surface area (Å²) < 4.78 is 0. The molecular weight excluding hydrogens is 316 g/mol. The van der Waals surface area contributed by atoms with Crippen molar-refractivity contribution in [2.24, 2.45) is 0 Å². The maximum Gasteiger partial charge on any atom is 0.220 e. The highest BCUT2D eigenvalue weighted by atomic mass is 35.5. The van der Waals surface area contributed by atoms with E-state index in [1.807, 2.05) is 24.3 Å². The number of carbonyl (C=O) groups excluding carboxylic acids is 1. The molecule has 0 atom stereocenters. The van der Waals surface area contributed by atoms with Gasteiger partial charge in [0.25, 0.3) is 0 Å². The summed E-state index contributed by atoms with van der Waals surface area (Å²) in [7, 11) is 0. The van der Waals surface area contributed by atoms with Gasteiger partial charge >= 0.3 is 0 Å². The Bertz CT molecular complexity index is 446. The number of nitrogens with one attached hydrogen (secondary N) is 1. The van der Waals surface area contributed by atoms with Crippen LogP contribution in [0.1, 0.15) is 32.1 Å². The fraction of sp³-hybridized carbons (Fsp3) is 0.588. The molecule has 0 spiro atoms. The molecule has 1 saturated heterocycles. The first-order valence-electron chi connectivity index (χ1n) is 8.11. The second-order valence-electron chi connectivity index (χ2n) is 5.66. The van der Waals surface area contributed by atoms with E-state index in [1.165, 1.54) is 32.4 Å². The van der Waals surface area contributed by atoms with Gasteiger partial charge in [0.2, 0.25) is 5.91 Å². The molecule has 1 aliphatic heterocycles. The average Bonchev–Trinajstić information content (AvgIpc) is 2.54. The number of benzene rings is 1. The monoisotopic (exact) mass is 340 g/mol. The van der Waals surface area contributed by atoms with Gasteiger partial charge in [-0.1, -0.05) is 18.0 Å². The van der Waals surface area contributed by atoms with E-state index in [1.54, 1.807) is 11.8 Å². The number of likely N-dealkylation sites (tertiary alicyclic amines) is 1. The lowest BCUT2D eigenvalue weighted by Crippen LogP contribution is -2.33. The molecule has 0 radical (unpaired) electrons. The summed E-state index contributed by atoms with van der Waals surface area (Å²) in [5.41, 5.74) is 0. The molecule has 0 aromatic heterocycles. The van der Waals surface area contributed by atoms with E-state index in [9.17, 15) is 4.79 Å². The minimum Gasteiger partial charge on any atom is -0.356 e. The maximum atomic E-state index is 11.8. The Hall–Kier alpha value is -0.710. The molecule has 1 heterocycles. The third-order valence-electron chi connectivity index (χ3n) is 3.83. The number of carbonyl (C=O) groups is 1. The lowest BCUT2D eigenvalue weighted by atomic mass is 10.1. The van der Waals surface area contributed by atoms with E-state index in [0.717, 1.165) is 35.2 Å². The fourth-order valence-corrected chi connectivity index (χ4v) is 3.57. The van der Waals surface area contributed by atoms with Crippen LogP contribution in [0.5, 0.6) is 0 Å². The first kappa shape index (κ1) is 17.6. The first-order valence-corrected chi connectivity index (χ1v) is 9.48. The van der Waals surface area contributed by atoms with Crippen LogP contribution in [-0.4, -0.2) is 42.7 Å². The molecule has 2 rings (SSSR count). The van der Waals surface area contributed by atoms with Gasteiger partial charge in [0.05, 0.1) is 0 Å². The highest BCUT2D eigenvalue weighted by Gasteiger charge is 2.09. The molecule has 1 aromatic carbocycles. The normalized spacial score (nSPS) is 15.7. The van der Waals surface area contributed by atoms with Crippen LogP contribution in [0.3, 0.4) is 0 Å². The van der Waals surface area contributed by atoms with E-state index in [2.05, 4.69) is 10.2 Å². The Labute approximate surface area is 142 Å². The SMILES string of the molecule is O=C(CCSc1ccc(Cl)cc1)NCCCN1CCCCC1. The summed E-state index contributed by atoms with van der Waals surface area (Å²) in [5.74, 6) is 0.958. The molecule has 0 saturated carbocycles. The maximum absolute atomic E-state index is 11.8. The van der Waals surface area contributed by atoms with Crippen LogP contribution in [0.25, 0.3) is 0 Å². The summed E-state index contributed by atoms with van der Waals surface area (Å²) in [6.45, 7) is 4.36. The quantitative estimate of drug-likeness (QED) is 0.577. The number of thioether (sulfide) groups is 1. The molecule has 1 aromatic rings. The minimum atomic E-state index is 0.153. The van der Waals surface area contributed by atoms with E-state index in [0.29, 0.717) is 6.42 Å². The van der Waals surface area contributed by atoms with Crippen LogP contribution in [-0.2, 0) is 4.79 Å². The third-order valence-corrected chi connectivity index (χ3v) is 5.10. The van der Waals surface area contributed by atoms with Gasteiger partial charge < -0.3 is 10.2 Å². The molecule has 5 heteroatoms. The predicted octanol–water partition coefficient (Wildman–Crippen LogP) is 3.81. The van der Waals surface area contributed by atoms with Crippen LogP contribution in [0.4, 0.5) is 0 Å². The van der Waals surface area contributed by atoms with Gasteiger partial charge in [-0.3, -0.25) is 4.79 Å². The van der Waals surface area contributed by atoms with E-state index in [4.69, 9.17) is 11.6 Å². The summed E-state index contributed by atoms with van der Waals surface area (Å²) in [5, 5.41) is 3.76. The second kappa shape index (κ2) is 10.1. The molecular formula is C17H25ClN2OS. The Morgan fingerprint density at radius 2 is 1.91 bits per heavy atom. The van der Waals surface area contributed by atoms with Gasteiger partial charge in [0, 0.05) is 28.6 Å². The molecule has 0 bridgehead atoms. The number of amides is 1. The number of piperidine rings is 1. The topological polar surface area (TPSA) is 32.3 Å². The molecule has 1 N–H and O–H groups in total. The van der Waals surface area contributed by atoms with Crippen molar-refractivity contribution in [3.8, 4) is 0 Å². The summed E-state index contributed by atoms with van der Waals surface area (Å²) >= 11 is 7.54. The molecule has 1 aliphatic rings. The highest BCUT2D eigenvalue weighted by Crippen LogP contribution is 2.20. The van der Waals surface area contributed by atoms with Crippen molar-refractivity contribution in [1.29, 1.82) is 0 Å². The van der Waals surface area contributed by atoms with Gasteiger partial charge in [0.1, 0.15) is 0 Å². The standard InChI is InChI=1S/C17H25ClN2OS/c18-15-5-7-16(8-6-15)22-14-9-17(21)19-10-4-13-20-11-2-1-3-12-20/h5-8H,1-4,9-14H2,(H,19,21). The Kier molecular flexibility index (Phi) is 8.13. The zero-order valence-electron chi connectivity index (χ0n) is 13.0. The number of hydrogen-bond donors (Lipinski definition) is 1. The number of halogens is 1. The Morgan fingerprint density at radius 3 is 2.64 bits per heavy atom. The highest BCUT2D eigenvalue weighted by molar-refractivity contribution is 7.99. The number of rotatable bonds is 8. The van der Waals surface area contributed by atoms with E-state index in [-0.39, 0.29) is 5.91 Å². The van der Waals surface area contributed by atoms with Crippen molar-refractivity contribution in [3.05, 3.63) is 29.3 Å². The summed E-state index contributed by atoms with van der Waals surface area (Å²) in [6, 6.07) is 7.74. The van der Waals surface area contributed by atoms with Crippen molar-refractivity contribution in [1.82, 2.24) is 10.2 Å². The van der Waals surface area contributed by atoms with Crippen molar-refractivity contribution in [2.45, 2.75) is 37.0 Å². The lowest BCUT2D eigenvalue weighted by Gasteiger charge is -2.26. The first-order chi connectivity index (χ1) is 10.7. The smallest absolute Gasteiger partial charge is 0.220 e. The lowest BCUT2D eigenvalue weighted by molar-refractivity contribution is -0.120. The second-order valence-corrected chi connectivity index (χ2v) is 7.26. The van der Waals surface area contributed by atoms with Crippen molar-refractivity contribution >= 4 is 29.3 Å². The van der Waals surface area contributed by atoms with Crippen LogP contribution in [0.2, 0.25) is 5.02 Å². The van der Waals surface area contributed by atoms with Crippen molar-refractivity contribution in [2.75, 3.05) is 31.9 Å². The minimum absolute atomic E-state index is 0.153. The molecule has 122 valence electrons. The van der Waals surface area contributed by atoms with Crippen LogP contribution in [0, 0.1) is 0 Å². The third kappa shape index (κ3) is 7.03. The Balaban J connectivity index is 1.49. The predicted molar refractivity (Wildman–Crippen MR) is 94.7 cm³/mol. The molecule has 0 unspecified atom stereocenters. The average molecular weight is 341 g/mol. The zero-order valence-corrected chi connectivity index (χ0v) is 14.6. The molecule has 0 aliphatic carbocycles. The molecule has 22 heavy (non-hydrogen) atoms. The zero-order chi connectivity index (χ0) is 15.6. The van der Waals surface area contributed by atoms with Gasteiger partial charge in [-0.25, -0.2) is 0 Å². The van der Waals surface area contributed by atoms with Gasteiger partial charge in [-0.05, 0) is 63.2 Å². The summed E-state index contributed by atoms with van der Waals surface area (Å²) in [4.78, 5) is 15.4. The van der Waals surface area contributed by atoms with Crippen molar-refractivity contribution < 1.29 is 4.79 Å². The van der Waals surface area contributed by atoms with Crippen LogP contribution in [0.15, 0.2) is 29.2 Å². The molecule has 3 nitrogen and oxygen atoms in total. The largest absolute Gasteiger partial charge is 0.356 e. The van der Waals surface area contributed by atoms with Crippen LogP contribution < -0.4 is 5.32 Å². The van der Waals surface area contributed by atoms with E-state index < -0.39 is 0 Å². The van der Waals surface area contributed by atoms with Gasteiger partial charge in [0.15, 0.2) is 0 Å². The number of hydrogen-bond acceptors (Lipinski definition) is 3. The van der Waals surface area contributed by atoms with Crippen LogP contribution >= 0.6 is 23.4 Å². The molecule has 1 fully saturated rings. The molecule has 1 amide bonds. The fourth-order valence-electron chi connectivity index (χ4n) is 2.59. The summed E-state index contributed by atoms with van der Waals surface area (Å²) in [6.07, 6.45) is 5.65. The van der Waals surface area contributed by atoms with E-state index >= 15 is 0 Å². The number of nitrogens with zero attached hydrogens (tertiary/aromatic N) is 1. The Morgan fingerprint density at radius 1 is 1.18 bits per heavy atom. The van der Waals surface area contributed by atoms with Gasteiger partial charge in [-0.15, -0.1) is 11.8 Å². The van der Waals surface area contributed by atoms with Gasteiger partial charge in [-0.2, -0.15) is 0 Å².